The van der Waals surface area contributed by atoms with E-state index in [0.29, 0.717) is 28.1 Å². The fraction of sp³-hybridized carbons (Fsp3) is 0.153. The molecule has 3 N–H and O–H groups in total. The van der Waals surface area contributed by atoms with Crippen LogP contribution in [0.5, 0.6) is 0 Å². The summed E-state index contributed by atoms with van der Waals surface area (Å²) in [5, 5.41) is 26.7. The summed E-state index contributed by atoms with van der Waals surface area (Å²) in [7, 11) is 0. The maximum absolute atomic E-state index is 13.8. The molecule has 0 fully saturated rings. The first-order valence-corrected chi connectivity index (χ1v) is 27.1. The molecular formula is C72H64N2O7. The number of ether oxygens (including phenoxy) is 3. The Morgan fingerprint density at radius 2 is 0.741 bits per heavy atom. The minimum atomic E-state index is -1.50. The molecule has 11 aromatic rings. The van der Waals surface area contributed by atoms with E-state index in [1.54, 1.807) is 6.07 Å². The number of benzene rings is 11. The van der Waals surface area contributed by atoms with Crippen LogP contribution in [0.1, 0.15) is 87.2 Å². The third-order valence-corrected chi connectivity index (χ3v) is 14.0. The first-order chi connectivity index (χ1) is 39.0. The number of nitrogens with one attached hydrogen (secondary N) is 2. The Labute approximate surface area is 472 Å². The summed E-state index contributed by atoms with van der Waals surface area (Å²) in [6.45, 7) is 12.9. The van der Waals surface area contributed by atoms with Gasteiger partial charge in [0.1, 0.15) is 22.9 Å². The minimum absolute atomic E-state index is 0.417. The average molecular weight is 1070 g/mol. The maximum Gasteiger partial charge on any atom is 0.412 e. The van der Waals surface area contributed by atoms with Gasteiger partial charge < -0.3 is 19.3 Å². The van der Waals surface area contributed by atoms with Crippen molar-refractivity contribution in [1.82, 2.24) is 0 Å². The van der Waals surface area contributed by atoms with Crippen LogP contribution in [0, 0.1) is 0 Å². The summed E-state index contributed by atoms with van der Waals surface area (Å²) in [4.78, 5) is 39.9. The fourth-order valence-corrected chi connectivity index (χ4v) is 10.5. The van der Waals surface area contributed by atoms with Gasteiger partial charge in [0.05, 0.1) is 16.9 Å². The molecule has 0 saturated heterocycles. The van der Waals surface area contributed by atoms with E-state index in [0.717, 1.165) is 76.5 Å². The van der Waals surface area contributed by atoms with E-state index in [-0.39, 0.29) is 0 Å². The second kappa shape index (κ2) is 23.0. The molecule has 0 aromatic heterocycles. The maximum atomic E-state index is 13.8. The summed E-state index contributed by atoms with van der Waals surface area (Å²) in [5.74, 6) is -0.441. The first-order valence-electron chi connectivity index (χ1n) is 27.1. The molecule has 2 amide bonds. The first kappa shape index (κ1) is 54.8. The van der Waals surface area contributed by atoms with Gasteiger partial charge in [0.25, 0.3) is 0 Å². The molecule has 0 aliphatic rings. The lowest BCUT2D eigenvalue weighted by atomic mass is 9.75. The van der Waals surface area contributed by atoms with Gasteiger partial charge >= 0.3 is 18.2 Å². The van der Waals surface area contributed by atoms with Crippen molar-refractivity contribution in [2.45, 2.75) is 71.4 Å². The molecule has 0 spiro atoms. The van der Waals surface area contributed by atoms with Gasteiger partial charge in [0.2, 0.25) is 0 Å². The molecule has 11 aromatic carbocycles. The van der Waals surface area contributed by atoms with E-state index < -0.39 is 41.1 Å². The van der Waals surface area contributed by atoms with Crippen LogP contribution in [0.25, 0.3) is 65.3 Å². The number of esters is 1. The van der Waals surface area contributed by atoms with E-state index in [9.17, 15) is 19.5 Å². The molecular weight excluding hydrogens is 1000 g/mol. The van der Waals surface area contributed by atoms with Crippen molar-refractivity contribution in [3.63, 3.8) is 0 Å². The second-order valence-corrected chi connectivity index (χ2v) is 22.0. The molecule has 0 unspecified atom stereocenters. The predicted octanol–water partition coefficient (Wildman–Crippen LogP) is 18.2. The molecule has 1 atom stereocenters. The van der Waals surface area contributed by atoms with Gasteiger partial charge in [-0.1, -0.05) is 218 Å². The number of aliphatic hydroxyl groups is 1. The Hall–Kier alpha value is -9.57. The van der Waals surface area contributed by atoms with Crippen LogP contribution in [0.15, 0.2) is 237 Å². The Morgan fingerprint density at radius 1 is 0.395 bits per heavy atom. The number of hydrogen-bond donors (Lipinski definition) is 3. The smallest absolute Gasteiger partial charge is 0.412 e. The van der Waals surface area contributed by atoms with Gasteiger partial charge in [0.15, 0.2) is 0 Å². The number of anilines is 2. The van der Waals surface area contributed by atoms with Crippen molar-refractivity contribution < 1.29 is 33.7 Å². The number of amides is 2. The molecule has 0 radical (unpaired) electrons. The summed E-state index contributed by atoms with van der Waals surface area (Å²) >= 11 is 0. The monoisotopic (exact) mass is 1070 g/mol. The molecule has 404 valence electrons. The topological polar surface area (TPSA) is 123 Å². The molecule has 0 aliphatic carbocycles. The average Bonchev–Trinajstić information content (AvgIpc) is 3.66. The third-order valence-electron chi connectivity index (χ3n) is 14.0. The lowest BCUT2D eigenvalue weighted by Gasteiger charge is -2.33. The number of fused-ring (bicyclic) bond motifs is 4. The van der Waals surface area contributed by atoms with Gasteiger partial charge in [-0.2, -0.15) is 0 Å². The number of carbonyl (C=O) groups is 3. The zero-order valence-corrected chi connectivity index (χ0v) is 46.5. The Kier molecular flexibility index (Phi) is 15.6. The van der Waals surface area contributed by atoms with Crippen molar-refractivity contribution in [3.05, 3.63) is 264 Å². The highest BCUT2D eigenvalue weighted by atomic mass is 16.6. The number of rotatable bonds is 10. The highest BCUT2D eigenvalue weighted by Gasteiger charge is 2.38. The van der Waals surface area contributed by atoms with Crippen LogP contribution in [0.2, 0.25) is 0 Å². The number of hydrogen-bond acceptors (Lipinski definition) is 7. The van der Waals surface area contributed by atoms with Crippen LogP contribution in [-0.4, -0.2) is 34.5 Å². The molecule has 0 aliphatic heterocycles. The van der Waals surface area contributed by atoms with Crippen molar-refractivity contribution in [3.8, 4) is 22.3 Å². The van der Waals surface area contributed by atoms with Crippen LogP contribution in [-0.2, 0) is 19.8 Å². The van der Waals surface area contributed by atoms with Gasteiger partial charge in [-0.3, -0.25) is 10.6 Å². The van der Waals surface area contributed by atoms with Crippen molar-refractivity contribution >= 4 is 72.6 Å². The normalized spacial score (nSPS) is 12.0. The Bertz CT molecular complexity index is 4050. The van der Waals surface area contributed by atoms with E-state index in [2.05, 4.69) is 41.0 Å². The summed E-state index contributed by atoms with van der Waals surface area (Å²) in [6, 6.07) is 76.7. The Balaban J connectivity index is 0.000000182. The van der Waals surface area contributed by atoms with Crippen molar-refractivity contribution in [1.29, 1.82) is 0 Å². The molecule has 0 saturated carbocycles. The standard InChI is InChI=1S/C38H33NO3.C34H31NO4/c1-37(2,3)42-36(40)39-33-25-23-27-15-11-13-21-31(27)35(33)34-30-20-12-10-14-26(30)22-24-32(34)38(41,28-16-6-4-7-17-28)29-18-8-5-9-19-29;1-22(23-12-6-5-7-13-23)38-32(36)28-20-18-24-14-8-10-16-26(24)30(28)31-27-17-11-9-15-25(27)19-21-29(31)35-33(37)39-34(2,3)4/h4-25,41H,1-3H3,(H,39,40);5-22H,1-4H3,(H,35,37)/t;22-/m.0/s1. The molecule has 11 rings (SSSR count). The lowest BCUT2D eigenvalue weighted by molar-refractivity contribution is 0.0338. The van der Waals surface area contributed by atoms with E-state index in [1.165, 1.54) is 0 Å². The lowest BCUT2D eigenvalue weighted by Crippen LogP contribution is -2.30. The largest absolute Gasteiger partial charge is 0.454 e. The van der Waals surface area contributed by atoms with Crippen molar-refractivity contribution in [2.75, 3.05) is 10.6 Å². The molecule has 0 heterocycles. The van der Waals surface area contributed by atoms with Crippen molar-refractivity contribution in [2.24, 2.45) is 0 Å². The van der Waals surface area contributed by atoms with Crippen LogP contribution < -0.4 is 10.6 Å². The minimum Gasteiger partial charge on any atom is -0.454 e. The van der Waals surface area contributed by atoms with Gasteiger partial charge in [0, 0.05) is 22.3 Å². The summed E-state index contributed by atoms with van der Waals surface area (Å²) in [5.41, 5.74) is 4.93. The molecule has 9 nitrogen and oxygen atoms in total. The second-order valence-electron chi connectivity index (χ2n) is 22.0. The van der Waals surface area contributed by atoms with E-state index in [1.807, 2.05) is 249 Å². The van der Waals surface area contributed by atoms with Gasteiger partial charge in [-0.05, 0) is 132 Å². The molecule has 81 heavy (non-hydrogen) atoms. The van der Waals surface area contributed by atoms with Gasteiger partial charge in [-0.25, -0.2) is 14.4 Å². The summed E-state index contributed by atoms with van der Waals surface area (Å²) < 4.78 is 17.2. The van der Waals surface area contributed by atoms with Crippen LogP contribution >= 0.6 is 0 Å². The summed E-state index contributed by atoms with van der Waals surface area (Å²) in [6.07, 6.45) is -1.55. The quantitative estimate of drug-likeness (QED) is 0.0708. The Morgan fingerprint density at radius 3 is 1.17 bits per heavy atom. The van der Waals surface area contributed by atoms with Crippen LogP contribution in [0.4, 0.5) is 21.0 Å². The number of carbonyl (C=O) groups excluding carboxylic acids is 3. The zero-order valence-electron chi connectivity index (χ0n) is 46.5. The molecule has 9 heteroatoms. The molecule has 0 bridgehead atoms. The van der Waals surface area contributed by atoms with Gasteiger partial charge in [-0.15, -0.1) is 0 Å². The van der Waals surface area contributed by atoms with Crippen LogP contribution in [0.3, 0.4) is 0 Å². The third kappa shape index (κ3) is 11.9. The van der Waals surface area contributed by atoms with E-state index in [4.69, 9.17) is 14.2 Å². The van der Waals surface area contributed by atoms with E-state index >= 15 is 0 Å². The predicted molar refractivity (Wildman–Crippen MR) is 329 cm³/mol. The highest BCUT2D eigenvalue weighted by Crippen LogP contribution is 2.49. The SMILES string of the molecule is CC(C)(C)OC(=O)Nc1ccc2ccccc2c1-c1c(C(O)(c2ccccc2)c2ccccc2)ccc2ccccc12.C[C@H](OC(=O)c1ccc2ccccc2c1-c1c(NC(=O)OC(C)(C)C)ccc2ccccc12)c1ccccc1. The zero-order chi connectivity index (χ0) is 56.9. The fourth-order valence-electron chi connectivity index (χ4n) is 10.5. The highest BCUT2D eigenvalue weighted by molar-refractivity contribution is 6.17.